The van der Waals surface area contributed by atoms with Crippen LogP contribution < -0.4 is 10.0 Å². The average molecular weight is 471 g/mol. The van der Waals surface area contributed by atoms with Crippen LogP contribution in [0.1, 0.15) is 43.1 Å². The van der Waals surface area contributed by atoms with E-state index in [0.29, 0.717) is 21.8 Å². The second kappa shape index (κ2) is 8.76. The van der Waals surface area contributed by atoms with E-state index in [-0.39, 0.29) is 10.5 Å². The molecule has 4 rings (SSSR count). The zero-order chi connectivity index (χ0) is 22.9. The van der Waals surface area contributed by atoms with Crippen molar-refractivity contribution in [3.05, 3.63) is 75.7 Å². The molecule has 0 radical (unpaired) electrons. The number of para-hydroxylation sites is 1. The number of amides is 1. The van der Waals surface area contributed by atoms with E-state index in [9.17, 15) is 18.0 Å². The van der Waals surface area contributed by atoms with Crippen molar-refractivity contribution in [1.82, 2.24) is 0 Å². The fraction of sp³-hybridized carbons (Fsp3) is 0.217. The topological polar surface area (TPSA) is 102 Å². The van der Waals surface area contributed by atoms with Crippen LogP contribution in [0.5, 0.6) is 0 Å². The number of hydrogen-bond donors (Lipinski definition) is 2. The third-order valence-electron chi connectivity index (χ3n) is 5.30. The van der Waals surface area contributed by atoms with Gasteiger partial charge in [0.25, 0.3) is 15.9 Å². The number of carbonyl (C=O) groups is 2. The standard InChI is InChI=1S/C23H22N2O5S2/c1-14-11-12-15(13-19(14)32(28,29)25-16-7-4-3-5-8-16)21(26)24-22-20(23(27)30-2)17-9-6-10-18(17)31-22/h3-5,7-8,11-13,25H,6,9-10H2,1-2H3,(H,24,26). The third-order valence-corrected chi connectivity index (χ3v) is 8.03. The monoisotopic (exact) mass is 470 g/mol. The van der Waals surface area contributed by atoms with Gasteiger partial charge in [-0.25, -0.2) is 13.2 Å². The summed E-state index contributed by atoms with van der Waals surface area (Å²) in [5.74, 6) is -0.981. The average Bonchev–Trinajstić information content (AvgIpc) is 3.34. The maximum Gasteiger partial charge on any atom is 0.341 e. The van der Waals surface area contributed by atoms with E-state index in [4.69, 9.17) is 4.74 Å². The number of anilines is 2. The van der Waals surface area contributed by atoms with Gasteiger partial charge in [0.1, 0.15) is 5.00 Å². The third kappa shape index (κ3) is 4.26. The summed E-state index contributed by atoms with van der Waals surface area (Å²) in [6, 6.07) is 13.0. The fourth-order valence-corrected chi connectivity index (χ4v) is 6.34. The molecule has 32 heavy (non-hydrogen) atoms. The molecule has 1 aliphatic rings. The molecule has 0 atom stereocenters. The van der Waals surface area contributed by atoms with E-state index in [0.717, 1.165) is 29.7 Å². The van der Waals surface area contributed by atoms with Crippen LogP contribution in [0.15, 0.2) is 53.4 Å². The first-order chi connectivity index (χ1) is 15.3. The van der Waals surface area contributed by atoms with E-state index < -0.39 is 21.9 Å². The van der Waals surface area contributed by atoms with E-state index in [1.54, 1.807) is 49.4 Å². The number of aryl methyl sites for hydroxylation is 2. The number of carbonyl (C=O) groups excluding carboxylic acids is 2. The van der Waals surface area contributed by atoms with Crippen molar-refractivity contribution in [3.63, 3.8) is 0 Å². The lowest BCUT2D eigenvalue weighted by Crippen LogP contribution is -2.18. The molecule has 7 nitrogen and oxygen atoms in total. The van der Waals surface area contributed by atoms with Gasteiger partial charge in [-0.2, -0.15) is 0 Å². The largest absolute Gasteiger partial charge is 0.465 e. The van der Waals surface area contributed by atoms with Gasteiger partial charge in [0.05, 0.1) is 17.6 Å². The van der Waals surface area contributed by atoms with Gasteiger partial charge in [0, 0.05) is 16.1 Å². The number of fused-ring (bicyclic) bond motifs is 1. The van der Waals surface area contributed by atoms with Gasteiger partial charge in [0.15, 0.2) is 0 Å². The van der Waals surface area contributed by atoms with Crippen LogP contribution in [-0.4, -0.2) is 27.4 Å². The van der Waals surface area contributed by atoms with Crippen molar-refractivity contribution in [2.45, 2.75) is 31.1 Å². The zero-order valence-corrected chi connectivity index (χ0v) is 19.2. The van der Waals surface area contributed by atoms with Gasteiger partial charge < -0.3 is 10.1 Å². The molecule has 1 amide bonds. The first-order valence-corrected chi connectivity index (χ1v) is 12.3. The highest BCUT2D eigenvalue weighted by molar-refractivity contribution is 7.92. The molecule has 9 heteroatoms. The SMILES string of the molecule is COC(=O)c1c(NC(=O)c2ccc(C)c(S(=O)(=O)Nc3ccccc3)c2)sc2c1CCC2. The summed E-state index contributed by atoms with van der Waals surface area (Å²) in [5, 5.41) is 3.21. The number of rotatable bonds is 6. The number of esters is 1. The lowest BCUT2D eigenvalue weighted by atomic mass is 10.1. The molecule has 0 saturated carbocycles. The molecule has 0 unspecified atom stereocenters. The zero-order valence-electron chi connectivity index (χ0n) is 17.6. The van der Waals surface area contributed by atoms with Crippen molar-refractivity contribution < 1.29 is 22.7 Å². The summed E-state index contributed by atoms with van der Waals surface area (Å²) in [4.78, 5) is 26.4. The van der Waals surface area contributed by atoms with Crippen LogP contribution in [0, 0.1) is 6.92 Å². The molecule has 1 heterocycles. The number of methoxy groups -OCH3 is 1. The van der Waals surface area contributed by atoms with E-state index in [1.165, 1.54) is 24.5 Å². The Morgan fingerprint density at radius 3 is 2.53 bits per heavy atom. The number of thiophene rings is 1. The summed E-state index contributed by atoms with van der Waals surface area (Å²) < 4.78 is 33.3. The Morgan fingerprint density at radius 1 is 1.06 bits per heavy atom. The first-order valence-electron chi connectivity index (χ1n) is 10.0. The van der Waals surface area contributed by atoms with Crippen molar-refractivity contribution in [3.8, 4) is 0 Å². The summed E-state index contributed by atoms with van der Waals surface area (Å²) in [6.45, 7) is 1.67. The van der Waals surface area contributed by atoms with Crippen LogP contribution in [0.2, 0.25) is 0 Å². The van der Waals surface area contributed by atoms with Crippen LogP contribution in [0.25, 0.3) is 0 Å². The fourth-order valence-electron chi connectivity index (χ4n) is 3.73. The van der Waals surface area contributed by atoms with E-state index >= 15 is 0 Å². The molecule has 3 aromatic rings. The van der Waals surface area contributed by atoms with Crippen molar-refractivity contribution in [2.75, 3.05) is 17.1 Å². The van der Waals surface area contributed by atoms with Gasteiger partial charge in [-0.15, -0.1) is 11.3 Å². The second-order valence-corrected chi connectivity index (χ2v) is 10.2. The van der Waals surface area contributed by atoms with E-state index in [2.05, 4.69) is 10.0 Å². The highest BCUT2D eigenvalue weighted by Gasteiger charge is 2.28. The number of benzene rings is 2. The molecule has 166 valence electrons. The van der Waals surface area contributed by atoms with Crippen molar-refractivity contribution in [2.24, 2.45) is 0 Å². The number of hydrogen-bond acceptors (Lipinski definition) is 6. The van der Waals surface area contributed by atoms with Gasteiger partial charge in [-0.05, 0) is 61.6 Å². The summed E-state index contributed by atoms with van der Waals surface area (Å²) in [5.41, 5.74) is 2.43. The van der Waals surface area contributed by atoms with Crippen molar-refractivity contribution >= 4 is 43.9 Å². The number of ether oxygens (including phenoxy) is 1. The minimum atomic E-state index is -3.90. The minimum absolute atomic E-state index is 0.0101. The molecule has 0 saturated heterocycles. The van der Waals surface area contributed by atoms with Gasteiger partial charge in [-0.3, -0.25) is 9.52 Å². The van der Waals surface area contributed by atoms with Crippen LogP contribution >= 0.6 is 11.3 Å². The van der Waals surface area contributed by atoms with Crippen molar-refractivity contribution in [1.29, 1.82) is 0 Å². The highest BCUT2D eigenvalue weighted by atomic mass is 32.2. The molecular formula is C23H22N2O5S2. The summed E-state index contributed by atoms with van der Waals surface area (Å²) in [7, 11) is -2.59. The Bertz CT molecular complexity index is 1300. The maximum absolute atomic E-state index is 13.0. The summed E-state index contributed by atoms with van der Waals surface area (Å²) >= 11 is 1.37. The molecule has 2 aromatic carbocycles. The van der Waals surface area contributed by atoms with E-state index in [1.807, 2.05) is 0 Å². The molecule has 0 bridgehead atoms. The maximum atomic E-state index is 13.0. The molecule has 0 fully saturated rings. The lowest BCUT2D eigenvalue weighted by molar-refractivity contribution is 0.0601. The van der Waals surface area contributed by atoms with Crippen LogP contribution in [-0.2, 0) is 27.6 Å². The Morgan fingerprint density at radius 2 is 1.81 bits per heavy atom. The first kappa shape index (κ1) is 22.0. The predicted octanol–water partition coefficient (Wildman–Crippen LogP) is 4.38. The van der Waals surface area contributed by atoms with Gasteiger partial charge >= 0.3 is 5.97 Å². The molecule has 2 N–H and O–H groups in total. The van der Waals surface area contributed by atoms with Crippen LogP contribution in [0.3, 0.4) is 0 Å². The van der Waals surface area contributed by atoms with Crippen LogP contribution in [0.4, 0.5) is 10.7 Å². The Kier molecular flexibility index (Phi) is 6.03. The molecular weight excluding hydrogens is 448 g/mol. The second-order valence-electron chi connectivity index (χ2n) is 7.46. The highest BCUT2D eigenvalue weighted by Crippen LogP contribution is 2.39. The molecule has 1 aliphatic carbocycles. The number of nitrogens with one attached hydrogen (secondary N) is 2. The van der Waals surface area contributed by atoms with Gasteiger partial charge in [-0.1, -0.05) is 24.3 Å². The Labute approximate surface area is 190 Å². The lowest BCUT2D eigenvalue weighted by Gasteiger charge is -2.12. The predicted molar refractivity (Wildman–Crippen MR) is 124 cm³/mol. The number of sulfonamides is 1. The minimum Gasteiger partial charge on any atom is -0.465 e. The summed E-state index contributed by atoms with van der Waals surface area (Å²) in [6.07, 6.45) is 2.59. The molecule has 0 spiro atoms. The van der Waals surface area contributed by atoms with Gasteiger partial charge in [0.2, 0.25) is 0 Å². The smallest absolute Gasteiger partial charge is 0.341 e. The molecule has 1 aromatic heterocycles. The normalized spacial score (nSPS) is 12.8. The Balaban J connectivity index is 1.63. The Hall–Kier alpha value is -3.17. The quantitative estimate of drug-likeness (QED) is 0.521. The molecule has 0 aliphatic heterocycles.